The lowest BCUT2D eigenvalue weighted by molar-refractivity contribution is 0.0938. The SMILES string of the molecule is CCCC1(C(c2cccc(Br)c2)[Si](C)(OC)C(C)(C)C)CCC1. The molecule has 2 rings (SSSR count). The number of halogens is 1. The van der Waals surface area contributed by atoms with Gasteiger partial charge in [-0.3, -0.25) is 0 Å². The maximum atomic E-state index is 6.41. The quantitative estimate of drug-likeness (QED) is 0.467. The van der Waals surface area contributed by atoms with Crippen LogP contribution in [-0.4, -0.2) is 15.4 Å². The van der Waals surface area contributed by atoms with E-state index < -0.39 is 8.32 Å². The Morgan fingerprint density at radius 3 is 2.35 bits per heavy atom. The normalized spacial score (nSPS) is 21.3. The first kappa shape index (κ1) is 19.2. The average molecular weight is 397 g/mol. The molecule has 2 unspecified atom stereocenters. The molecule has 0 radical (unpaired) electrons. The molecular formula is C20H33BrOSi. The summed E-state index contributed by atoms with van der Waals surface area (Å²) in [5.74, 6) is 0. The molecule has 1 saturated carbocycles. The van der Waals surface area contributed by atoms with E-state index in [-0.39, 0.29) is 5.04 Å². The van der Waals surface area contributed by atoms with Crippen LogP contribution in [-0.2, 0) is 4.43 Å². The largest absolute Gasteiger partial charge is 0.419 e. The highest BCUT2D eigenvalue weighted by Gasteiger charge is 2.58. The Labute approximate surface area is 152 Å². The summed E-state index contributed by atoms with van der Waals surface area (Å²) in [7, 11) is -0.0223. The summed E-state index contributed by atoms with van der Waals surface area (Å²) in [6.45, 7) is 11.9. The van der Waals surface area contributed by atoms with Gasteiger partial charge in [0.1, 0.15) is 0 Å². The third-order valence-corrected chi connectivity index (χ3v) is 12.7. The van der Waals surface area contributed by atoms with E-state index in [1.165, 1.54) is 42.1 Å². The minimum absolute atomic E-state index is 0.213. The minimum Gasteiger partial charge on any atom is -0.419 e. The molecule has 1 aromatic carbocycles. The number of benzene rings is 1. The van der Waals surface area contributed by atoms with Gasteiger partial charge in [-0.05, 0) is 54.0 Å². The highest BCUT2D eigenvalue weighted by Crippen LogP contribution is 2.61. The van der Waals surface area contributed by atoms with Crippen LogP contribution in [0.25, 0.3) is 0 Å². The molecule has 0 bridgehead atoms. The molecule has 0 saturated heterocycles. The Morgan fingerprint density at radius 2 is 1.96 bits per heavy atom. The molecule has 0 N–H and O–H groups in total. The van der Waals surface area contributed by atoms with Crippen LogP contribution in [0.3, 0.4) is 0 Å². The minimum atomic E-state index is -1.98. The van der Waals surface area contributed by atoms with Crippen LogP contribution in [0.5, 0.6) is 0 Å². The fourth-order valence-electron chi connectivity index (χ4n) is 4.61. The lowest BCUT2D eigenvalue weighted by atomic mass is 9.62. The molecule has 2 atom stereocenters. The molecule has 1 aromatic rings. The van der Waals surface area contributed by atoms with Crippen molar-refractivity contribution in [2.24, 2.45) is 5.41 Å². The van der Waals surface area contributed by atoms with Crippen LogP contribution >= 0.6 is 15.9 Å². The number of hydrogen-bond donors (Lipinski definition) is 0. The van der Waals surface area contributed by atoms with E-state index in [1.807, 2.05) is 7.11 Å². The summed E-state index contributed by atoms with van der Waals surface area (Å²) >= 11 is 3.69. The first-order chi connectivity index (χ1) is 10.7. The van der Waals surface area contributed by atoms with Crippen molar-refractivity contribution in [1.29, 1.82) is 0 Å². The summed E-state index contributed by atoms with van der Waals surface area (Å²) in [5.41, 5.74) is 2.49. The van der Waals surface area contributed by atoms with E-state index in [2.05, 4.69) is 74.4 Å². The lowest BCUT2D eigenvalue weighted by Gasteiger charge is -2.57. The van der Waals surface area contributed by atoms with Crippen LogP contribution in [0, 0.1) is 5.41 Å². The van der Waals surface area contributed by atoms with Gasteiger partial charge in [0.05, 0.1) is 0 Å². The maximum absolute atomic E-state index is 6.41. The van der Waals surface area contributed by atoms with Crippen LogP contribution in [0.15, 0.2) is 28.7 Å². The molecule has 0 spiro atoms. The topological polar surface area (TPSA) is 9.23 Å². The Kier molecular flexibility index (Phi) is 5.85. The molecule has 0 aliphatic heterocycles. The van der Waals surface area contributed by atoms with E-state index in [4.69, 9.17) is 4.43 Å². The van der Waals surface area contributed by atoms with Gasteiger partial charge in [0.15, 0.2) is 0 Å². The van der Waals surface area contributed by atoms with E-state index in [9.17, 15) is 0 Å². The van der Waals surface area contributed by atoms with Crippen molar-refractivity contribution < 1.29 is 4.43 Å². The molecule has 0 heterocycles. The molecule has 1 fully saturated rings. The van der Waals surface area contributed by atoms with Crippen molar-refractivity contribution in [3.8, 4) is 0 Å². The zero-order valence-electron chi connectivity index (χ0n) is 15.7. The van der Waals surface area contributed by atoms with Gasteiger partial charge >= 0.3 is 0 Å². The average Bonchev–Trinajstić information content (AvgIpc) is 2.43. The van der Waals surface area contributed by atoms with Crippen LogP contribution in [0.1, 0.15) is 70.9 Å². The molecular weight excluding hydrogens is 364 g/mol. The van der Waals surface area contributed by atoms with Crippen LogP contribution in [0.2, 0.25) is 11.6 Å². The lowest BCUT2D eigenvalue weighted by Crippen LogP contribution is -2.57. The van der Waals surface area contributed by atoms with Crippen molar-refractivity contribution in [2.75, 3.05) is 7.11 Å². The molecule has 1 aliphatic carbocycles. The monoisotopic (exact) mass is 396 g/mol. The van der Waals surface area contributed by atoms with E-state index in [1.54, 1.807) is 0 Å². The Hall–Kier alpha value is -0.123. The van der Waals surface area contributed by atoms with Gasteiger partial charge in [-0.15, -0.1) is 0 Å². The second kappa shape index (κ2) is 7.01. The highest BCUT2D eigenvalue weighted by atomic mass is 79.9. The van der Waals surface area contributed by atoms with Crippen molar-refractivity contribution in [3.63, 3.8) is 0 Å². The summed E-state index contributed by atoms with van der Waals surface area (Å²) in [4.78, 5) is 0. The van der Waals surface area contributed by atoms with Crippen LogP contribution < -0.4 is 0 Å². The molecule has 0 aromatic heterocycles. The standard InChI is InChI=1S/C20H33BrOSi/c1-7-12-20(13-9-14-20)18(16-10-8-11-17(21)15-16)23(6,22-5)19(2,3)4/h8,10-11,15,18H,7,9,12-14H2,1-6H3. The second-order valence-electron chi connectivity index (χ2n) is 8.52. The molecule has 3 heteroatoms. The van der Waals surface area contributed by atoms with Crippen molar-refractivity contribution in [3.05, 3.63) is 34.3 Å². The van der Waals surface area contributed by atoms with Crippen molar-refractivity contribution in [1.82, 2.24) is 0 Å². The van der Waals surface area contributed by atoms with E-state index >= 15 is 0 Å². The fraction of sp³-hybridized carbons (Fsp3) is 0.700. The smallest absolute Gasteiger partial charge is 0.202 e. The van der Waals surface area contributed by atoms with Gasteiger partial charge in [0.25, 0.3) is 0 Å². The van der Waals surface area contributed by atoms with E-state index in [0.29, 0.717) is 11.0 Å². The van der Waals surface area contributed by atoms with Gasteiger partial charge in [-0.1, -0.05) is 68.6 Å². The first-order valence-corrected chi connectivity index (χ1v) is 12.3. The Bertz CT molecular complexity index is 533. The van der Waals surface area contributed by atoms with Gasteiger partial charge < -0.3 is 4.43 Å². The molecule has 23 heavy (non-hydrogen) atoms. The predicted octanol–water partition coefficient (Wildman–Crippen LogP) is 7.06. The van der Waals surface area contributed by atoms with Crippen LogP contribution in [0.4, 0.5) is 0 Å². The third-order valence-electron chi connectivity index (χ3n) is 6.36. The second-order valence-corrected chi connectivity index (χ2v) is 14.1. The third kappa shape index (κ3) is 3.47. The summed E-state index contributed by atoms with van der Waals surface area (Å²) in [6.07, 6.45) is 6.69. The molecule has 130 valence electrons. The maximum Gasteiger partial charge on any atom is 0.202 e. The molecule has 0 amide bonds. The highest BCUT2D eigenvalue weighted by molar-refractivity contribution is 9.10. The summed E-state index contributed by atoms with van der Waals surface area (Å²) in [6, 6.07) is 9.01. The van der Waals surface area contributed by atoms with Crippen molar-refractivity contribution in [2.45, 2.75) is 76.9 Å². The van der Waals surface area contributed by atoms with Gasteiger partial charge in [-0.25, -0.2) is 0 Å². The molecule has 1 nitrogen and oxygen atoms in total. The zero-order valence-corrected chi connectivity index (χ0v) is 18.3. The van der Waals surface area contributed by atoms with E-state index in [0.717, 1.165) is 0 Å². The number of hydrogen-bond acceptors (Lipinski definition) is 1. The van der Waals surface area contributed by atoms with Crippen molar-refractivity contribution >= 4 is 24.2 Å². The Morgan fingerprint density at radius 1 is 1.30 bits per heavy atom. The molecule has 1 aliphatic rings. The fourth-order valence-corrected chi connectivity index (χ4v) is 9.16. The summed E-state index contributed by atoms with van der Waals surface area (Å²) in [5, 5.41) is 0.213. The first-order valence-electron chi connectivity index (χ1n) is 9.01. The van der Waals surface area contributed by atoms with Gasteiger partial charge in [0, 0.05) is 17.1 Å². The number of rotatable bonds is 6. The summed E-state index contributed by atoms with van der Waals surface area (Å²) < 4.78 is 7.60. The predicted molar refractivity (Wildman–Crippen MR) is 106 cm³/mol. The van der Waals surface area contributed by atoms with Gasteiger partial charge in [0.2, 0.25) is 8.32 Å². The van der Waals surface area contributed by atoms with Gasteiger partial charge in [-0.2, -0.15) is 0 Å². The Balaban J connectivity index is 2.60. The zero-order chi connectivity index (χ0) is 17.3.